The molecule has 2 rings (SSSR count). The molecule has 2 aromatic rings. The van der Waals surface area contributed by atoms with Gasteiger partial charge in [-0.2, -0.15) is 4.39 Å². The second-order valence-electron chi connectivity index (χ2n) is 4.25. The van der Waals surface area contributed by atoms with Gasteiger partial charge in [0.2, 0.25) is 5.83 Å². The number of aliphatic carboxylic acids is 1. The number of benzene rings is 2. The van der Waals surface area contributed by atoms with Crippen molar-refractivity contribution in [3.05, 3.63) is 59.9 Å². The van der Waals surface area contributed by atoms with Crippen LogP contribution in [0.5, 0.6) is 0 Å². The lowest BCUT2D eigenvalue weighted by atomic mass is 10.0. The van der Waals surface area contributed by atoms with E-state index < -0.39 is 11.8 Å². The van der Waals surface area contributed by atoms with E-state index in [1.165, 1.54) is 0 Å². The molecule has 0 radical (unpaired) electrons. The van der Waals surface area contributed by atoms with Crippen molar-refractivity contribution in [3.8, 4) is 11.1 Å². The summed E-state index contributed by atoms with van der Waals surface area (Å²) in [7, 11) is 1.85. The van der Waals surface area contributed by atoms with Gasteiger partial charge in [-0.25, -0.2) is 4.79 Å². The molecule has 2 N–H and O–H groups in total. The van der Waals surface area contributed by atoms with Crippen molar-refractivity contribution in [2.45, 2.75) is 0 Å². The lowest BCUT2D eigenvalue weighted by molar-refractivity contribution is -0.134. The molecule has 0 heterocycles. The van der Waals surface area contributed by atoms with Crippen LogP contribution in [0, 0.1) is 0 Å². The van der Waals surface area contributed by atoms with Gasteiger partial charge in [-0.1, -0.05) is 36.4 Å². The molecule has 0 unspecified atom stereocenters. The van der Waals surface area contributed by atoms with Crippen LogP contribution in [0.3, 0.4) is 0 Å². The maximum absolute atomic E-state index is 13.0. The third kappa shape index (κ3) is 3.23. The summed E-state index contributed by atoms with van der Waals surface area (Å²) in [6, 6.07) is 14.9. The minimum Gasteiger partial charge on any atom is -0.476 e. The molecule has 0 aliphatic heterocycles. The van der Waals surface area contributed by atoms with Gasteiger partial charge in [0, 0.05) is 12.7 Å². The van der Waals surface area contributed by atoms with E-state index in [2.05, 4.69) is 5.32 Å². The van der Waals surface area contributed by atoms with Crippen molar-refractivity contribution in [2.24, 2.45) is 0 Å². The maximum atomic E-state index is 13.0. The van der Waals surface area contributed by atoms with Gasteiger partial charge in [0.05, 0.1) is 0 Å². The SMILES string of the molecule is CNc1cccc(-c2ccc(/C=C(\F)C(=O)O)cc2)c1. The topological polar surface area (TPSA) is 49.3 Å². The Bertz CT molecular complexity index is 648. The largest absolute Gasteiger partial charge is 0.476 e. The van der Waals surface area contributed by atoms with Gasteiger partial charge in [-0.05, 0) is 34.9 Å². The van der Waals surface area contributed by atoms with E-state index in [0.717, 1.165) is 22.9 Å². The number of carbonyl (C=O) groups is 1. The summed E-state index contributed by atoms with van der Waals surface area (Å²) in [6.07, 6.45) is 0.996. The van der Waals surface area contributed by atoms with Crippen molar-refractivity contribution in [1.29, 1.82) is 0 Å². The second kappa shape index (κ2) is 6.02. The standard InChI is InChI=1S/C16H14FNO2/c1-18-14-4-2-3-13(10-14)12-7-5-11(6-8-12)9-15(17)16(19)20/h2-10,18H,1H3,(H,19,20)/b15-9-. The van der Waals surface area contributed by atoms with Crippen LogP contribution < -0.4 is 5.32 Å². The first kappa shape index (κ1) is 13.8. The summed E-state index contributed by atoms with van der Waals surface area (Å²) >= 11 is 0. The molecular formula is C16H14FNO2. The molecule has 3 nitrogen and oxygen atoms in total. The highest BCUT2D eigenvalue weighted by atomic mass is 19.1. The summed E-state index contributed by atoms with van der Waals surface area (Å²) in [5.74, 6) is -2.73. The van der Waals surface area contributed by atoms with Crippen LogP contribution in [-0.2, 0) is 4.79 Å². The molecular weight excluding hydrogens is 257 g/mol. The van der Waals surface area contributed by atoms with Gasteiger partial charge in [-0.3, -0.25) is 0 Å². The highest BCUT2D eigenvalue weighted by molar-refractivity contribution is 5.89. The quantitative estimate of drug-likeness (QED) is 0.832. The van der Waals surface area contributed by atoms with E-state index in [1.807, 2.05) is 43.4 Å². The minimum absolute atomic E-state index is 0.512. The first-order chi connectivity index (χ1) is 9.60. The molecule has 0 fully saturated rings. The molecule has 4 heteroatoms. The normalized spacial score (nSPS) is 11.2. The third-order valence-electron chi connectivity index (χ3n) is 2.89. The van der Waals surface area contributed by atoms with Gasteiger partial charge >= 0.3 is 5.97 Å². The summed E-state index contributed by atoms with van der Waals surface area (Å²) in [4.78, 5) is 10.4. The Kier molecular flexibility index (Phi) is 4.15. The monoisotopic (exact) mass is 271 g/mol. The average Bonchev–Trinajstić information content (AvgIpc) is 2.48. The number of hydrogen-bond acceptors (Lipinski definition) is 2. The molecule has 0 aliphatic rings. The fraction of sp³-hybridized carbons (Fsp3) is 0.0625. The van der Waals surface area contributed by atoms with E-state index in [1.54, 1.807) is 12.1 Å². The molecule has 0 aromatic heterocycles. The van der Waals surface area contributed by atoms with Crippen LogP contribution in [0.2, 0.25) is 0 Å². The molecule has 0 saturated heterocycles. The maximum Gasteiger partial charge on any atom is 0.364 e. The third-order valence-corrected chi connectivity index (χ3v) is 2.89. The van der Waals surface area contributed by atoms with Crippen molar-refractivity contribution >= 4 is 17.7 Å². The Labute approximate surface area is 116 Å². The van der Waals surface area contributed by atoms with Crippen LogP contribution in [0.1, 0.15) is 5.56 Å². The van der Waals surface area contributed by atoms with Crippen LogP contribution in [0.15, 0.2) is 54.4 Å². The molecule has 0 amide bonds. The summed E-state index contributed by atoms with van der Waals surface area (Å²) in [5.41, 5.74) is 3.53. The average molecular weight is 271 g/mol. The van der Waals surface area contributed by atoms with Gasteiger partial charge in [-0.15, -0.1) is 0 Å². The Hall–Kier alpha value is -2.62. The fourth-order valence-electron chi connectivity index (χ4n) is 1.83. The van der Waals surface area contributed by atoms with Gasteiger partial charge in [0.1, 0.15) is 0 Å². The highest BCUT2D eigenvalue weighted by Gasteiger charge is 2.05. The Morgan fingerprint density at radius 3 is 2.45 bits per heavy atom. The Morgan fingerprint density at radius 1 is 1.15 bits per heavy atom. The van der Waals surface area contributed by atoms with E-state index in [9.17, 15) is 9.18 Å². The molecule has 0 aliphatic carbocycles. The smallest absolute Gasteiger partial charge is 0.364 e. The van der Waals surface area contributed by atoms with Crippen molar-refractivity contribution in [3.63, 3.8) is 0 Å². The lowest BCUT2D eigenvalue weighted by Crippen LogP contribution is -1.94. The zero-order chi connectivity index (χ0) is 14.5. The lowest BCUT2D eigenvalue weighted by Gasteiger charge is -2.05. The van der Waals surface area contributed by atoms with Gasteiger partial charge in [0.15, 0.2) is 0 Å². The molecule has 102 valence electrons. The number of nitrogens with one attached hydrogen (secondary N) is 1. The van der Waals surface area contributed by atoms with Crippen molar-refractivity contribution in [2.75, 3.05) is 12.4 Å². The van der Waals surface area contributed by atoms with E-state index in [4.69, 9.17) is 5.11 Å². The number of anilines is 1. The number of carboxylic acids is 1. The molecule has 2 aromatic carbocycles. The highest BCUT2D eigenvalue weighted by Crippen LogP contribution is 2.23. The molecule has 20 heavy (non-hydrogen) atoms. The fourth-order valence-corrected chi connectivity index (χ4v) is 1.83. The van der Waals surface area contributed by atoms with Crippen molar-refractivity contribution in [1.82, 2.24) is 0 Å². The van der Waals surface area contributed by atoms with Gasteiger partial charge in [0.25, 0.3) is 0 Å². The number of hydrogen-bond donors (Lipinski definition) is 2. The predicted molar refractivity (Wildman–Crippen MR) is 78.1 cm³/mol. The van der Waals surface area contributed by atoms with Crippen molar-refractivity contribution < 1.29 is 14.3 Å². The minimum atomic E-state index is -1.56. The number of carboxylic acid groups (broad SMARTS) is 1. The zero-order valence-corrected chi connectivity index (χ0v) is 10.9. The van der Waals surface area contributed by atoms with Crippen LogP contribution in [-0.4, -0.2) is 18.1 Å². The number of rotatable bonds is 4. The number of halogens is 1. The Morgan fingerprint density at radius 2 is 1.85 bits per heavy atom. The van der Waals surface area contributed by atoms with Crippen LogP contribution in [0.25, 0.3) is 17.2 Å². The zero-order valence-electron chi connectivity index (χ0n) is 10.9. The van der Waals surface area contributed by atoms with E-state index in [-0.39, 0.29) is 0 Å². The first-order valence-electron chi connectivity index (χ1n) is 6.09. The van der Waals surface area contributed by atoms with Crippen LogP contribution in [0.4, 0.5) is 10.1 Å². The van der Waals surface area contributed by atoms with E-state index in [0.29, 0.717) is 5.56 Å². The van der Waals surface area contributed by atoms with Gasteiger partial charge < -0.3 is 10.4 Å². The van der Waals surface area contributed by atoms with Crippen LogP contribution >= 0.6 is 0 Å². The summed E-state index contributed by atoms with van der Waals surface area (Å²) in [6.45, 7) is 0. The molecule has 0 bridgehead atoms. The predicted octanol–water partition coefficient (Wildman–Crippen LogP) is 3.79. The molecule has 0 saturated carbocycles. The summed E-state index contributed by atoms with van der Waals surface area (Å²) < 4.78 is 13.0. The summed E-state index contributed by atoms with van der Waals surface area (Å²) in [5, 5.41) is 11.5. The van der Waals surface area contributed by atoms with E-state index >= 15 is 0 Å². The molecule has 0 spiro atoms. The first-order valence-corrected chi connectivity index (χ1v) is 6.09. The molecule has 0 atom stereocenters. The Balaban J connectivity index is 2.28. The second-order valence-corrected chi connectivity index (χ2v) is 4.25.